The van der Waals surface area contributed by atoms with Crippen LogP contribution in [0, 0.1) is 25.7 Å². The summed E-state index contributed by atoms with van der Waals surface area (Å²) in [5.74, 6) is 7.53. The first-order chi connectivity index (χ1) is 31.9. The lowest BCUT2D eigenvalue weighted by Crippen LogP contribution is -2.31. The van der Waals surface area contributed by atoms with Crippen molar-refractivity contribution in [3.05, 3.63) is 141 Å². The number of nitrogens with one attached hydrogen (secondary N) is 2. The van der Waals surface area contributed by atoms with Crippen molar-refractivity contribution in [2.45, 2.75) is 124 Å². The molecule has 344 valence electrons. The summed E-state index contributed by atoms with van der Waals surface area (Å²) in [5, 5.41) is 24.5. The Morgan fingerprint density at radius 1 is 0.758 bits per heavy atom. The zero-order chi connectivity index (χ0) is 46.8. The summed E-state index contributed by atoms with van der Waals surface area (Å²) in [7, 11) is 0. The van der Waals surface area contributed by atoms with E-state index in [1.54, 1.807) is 0 Å². The standard InChI is InChI=1S/C32H35NO3.C27H33NO2/c1-5-32(12-13-34)31-24(7-6-14-35-32)27-17-22(19(2)3)16-25(30(27)33-31)21-9-10-23-26-15-20(4)8-11-28(26)36-29(23)18-21;1-6-27(15-16-29,30-7-2)26-20(5)24-18-23(19(3)4)17-22(25(24)28-26)14-13-21-11-9-8-10-12-21/h8-11,15-19,33-34H,5-7,12-14H2,1-4H3;8-12,17-19,28-29H,6-7,15-16H2,1-5H3. The Kier molecular flexibility index (Phi) is 14.0. The Labute approximate surface area is 390 Å². The number of fused-ring (bicyclic) bond motifs is 7. The summed E-state index contributed by atoms with van der Waals surface area (Å²) in [6.07, 6.45) is 4.73. The topological polar surface area (TPSA) is 104 Å². The molecular formula is C59H68N2O5. The molecule has 0 radical (unpaired) electrons. The first kappa shape index (κ1) is 46.9. The Bertz CT molecular complexity index is 3040. The van der Waals surface area contributed by atoms with Crippen LogP contribution in [0.2, 0.25) is 0 Å². The maximum Gasteiger partial charge on any atom is 0.136 e. The third-order valence-corrected chi connectivity index (χ3v) is 14.1. The highest BCUT2D eigenvalue weighted by atomic mass is 16.5. The summed E-state index contributed by atoms with van der Waals surface area (Å²) in [6.45, 7) is 21.0. The van der Waals surface area contributed by atoms with Crippen LogP contribution < -0.4 is 0 Å². The Morgan fingerprint density at radius 3 is 2.21 bits per heavy atom. The average molecular weight is 885 g/mol. The fourth-order valence-corrected chi connectivity index (χ4v) is 10.2. The number of H-pyrrole nitrogens is 2. The molecule has 0 bridgehead atoms. The highest BCUT2D eigenvalue weighted by Crippen LogP contribution is 2.45. The maximum atomic E-state index is 9.93. The second-order valence-corrected chi connectivity index (χ2v) is 18.9. The number of aliphatic hydroxyl groups excluding tert-OH is 2. The molecule has 66 heavy (non-hydrogen) atoms. The molecule has 0 saturated heterocycles. The van der Waals surface area contributed by atoms with E-state index in [1.807, 2.05) is 37.3 Å². The number of aromatic nitrogens is 2. The summed E-state index contributed by atoms with van der Waals surface area (Å²) in [6, 6.07) is 32.2. The first-order valence-corrected chi connectivity index (χ1v) is 24.2. The highest BCUT2D eigenvalue weighted by Gasteiger charge is 2.38. The third-order valence-electron chi connectivity index (χ3n) is 14.1. The molecule has 4 heterocycles. The maximum absolute atomic E-state index is 9.93. The molecule has 8 aromatic rings. The Balaban J connectivity index is 0.000000183. The lowest BCUT2D eigenvalue weighted by atomic mass is 9.88. The van der Waals surface area contributed by atoms with Gasteiger partial charge in [0.05, 0.1) is 22.4 Å². The lowest BCUT2D eigenvalue weighted by Gasteiger charge is -2.32. The predicted molar refractivity (Wildman–Crippen MR) is 273 cm³/mol. The van der Waals surface area contributed by atoms with E-state index in [0.29, 0.717) is 31.3 Å². The number of hydrogen-bond donors (Lipinski definition) is 4. The number of rotatable bonds is 12. The van der Waals surface area contributed by atoms with Crippen LogP contribution in [0.5, 0.6) is 0 Å². The van der Waals surface area contributed by atoms with Gasteiger partial charge in [0, 0.05) is 77.5 Å². The number of aliphatic hydroxyl groups is 2. The molecule has 7 heteroatoms. The second kappa shape index (κ2) is 19.7. The van der Waals surface area contributed by atoms with Gasteiger partial charge in [-0.2, -0.15) is 0 Å². The number of aryl methyl sites for hydroxylation is 3. The second-order valence-electron chi connectivity index (χ2n) is 18.9. The highest BCUT2D eigenvalue weighted by molar-refractivity contribution is 6.07. The molecule has 0 fully saturated rings. The fraction of sp³-hybridized carbons (Fsp3) is 0.390. The number of benzene rings is 5. The minimum atomic E-state index is -0.519. The van der Waals surface area contributed by atoms with Crippen molar-refractivity contribution in [2.24, 2.45) is 0 Å². The van der Waals surface area contributed by atoms with Crippen molar-refractivity contribution < 1.29 is 24.1 Å². The Morgan fingerprint density at radius 2 is 1.52 bits per heavy atom. The van der Waals surface area contributed by atoms with Crippen LogP contribution in [-0.2, 0) is 27.1 Å². The monoisotopic (exact) mass is 885 g/mol. The van der Waals surface area contributed by atoms with Gasteiger partial charge in [0.15, 0.2) is 0 Å². The zero-order valence-corrected chi connectivity index (χ0v) is 40.5. The normalized spacial score (nSPS) is 16.1. The number of aromatic amines is 2. The number of hydrogen-bond acceptors (Lipinski definition) is 5. The van der Waals surface area contributed by atoms with Crippen LogP contribution in [-0.4, -0.2) is 46.6 Å². The Hall–Kier alpha value is -5.62. The van der Waals surface area contributed by atoms with Crippen LogP contribution in [0.1, 0.15) is 143 Å². The molecule has 3 aromatic heterocycles. The van der Waals surface area contributed by atoms with E-state index in [1.165, 1.54) is 44.2 Å². The molecule has 7 nitrogen and oxygen atoms in total. The number of ether oxygens (including phenoxy) is 2. The van der Waals surface area contributed by atoms with E-state index in [4.69, 9.17) is 13.9 Å². The quantitative estimate of drug-likeness (QED) is 0.0915. The molecule has 1 aliphatic rings. The molecule has 0 saturated carbocycles. The molecule has 5 aromatic carbocycles. The molecule has 0 aliphatic carbocycles. The zero-order valence-electron chi connectivity index (χ0n) is 40.5. The van der Waals surface area contributed by atoms with Crippen molar-refractivity contribution in [2.75, 3.05) is 26.4 Å². The molecule has 2 unspecified atom stereocenters. The van der Waals surface area contributed by atoms with Gasteiger partial charge in [0.2, 0.25) is 0 Å². The predicted octanol–water partition coefficient (Wildman–Crippen LogP) is 14.1. The van der Waals surface area contributed by atoms with Crippen molar-refractivity contribution in [1.29, 1.82) is 0 Å². The largest absolute Gasteiger partial charge is 0.456 e. The van der Waals surface area contributed by atoms with Gasteiger partial charge in [-0.15, -0.1) is 0 Å². The van der Waals surface area contributed by atoms with Crippen LogP contribution >= 0.6 is 0 Å². The molecular weight excluding hydrogens is 817 g/mol. The first-order valence-electron chi connectivity index (χ1n) is 24.2. The summed E-state index contributed by atoms with van der Waals surface area (Å²) >= 11 is 0. The smallest absolute Gasteiger partial charge is 0.136 e. The van der Waals surface area contributed by atoms with E-state index >= 15 is 0 Å². The number of furan rings is 1. The van der Waals surface area contributed by atoms with E-state index in [0.717, 1.165) is 93.3 Å². The molecule has 0 amide bonds. The van der Waals surface area contributed by atoms with Gasteiger partial charge >= 0.3 is 0 Å². The van der Waals surface area contributed by atoms with Crippen LogP contribution in [0.25, 0.3) is 54.9 Å². The van der Waals surface area contributed by atoms with Crippen molar-refractivity contribution in [3.8, 4) is 23.0 Å². The molecule has 9 rings (SSSR count). The van der Waals surface area contributed by atoms with Gasteiger partial charge in [-0.3, -0.25) is 0 Å². The summed E-state index contributed by atoms with van der Waals surface area (Å²) in [5.41, 5.74) is 15.9. The van der Waals surface area contributed by atoms with Gasteiger partial charge < -0.3 is 34.1 Å². The van der Waals surface area contributed by atoms with Crippen LogP contribution in [0.4, 0.5) is 0 Å². The minimum Gasteiger partial charge on any atom is -0.456 e. The minimum absolute atomic E-state index is 0.0839. The van der Waals surface area contributed by atoms with Crippen molar-refractivity contribution >= 4 is 43.7 Å². The van der Waals surface area contributed by atoms with Crippen LogP contribution in [0.15, 0.2) is 95.4 Å². The average Bonchev–Trinajstić information content (AvgIpc) is 3.95. The molecule has 4 N–H and O–H groups in total. The van der Waals surface area contributed by atoms with Gasteiger partial charge in [0.25, 0.3) is 0 Å². The lowest BCUT2D eigenvalue weighted by molar-refractivity contribution is -0.0677. The van der Waals surface area contributed by atoms with Crippen LogP contribution in [0.3, 0.4) is 0 Å². The van der Waals surface area contributed by atoms with E-state index < -0.39 is 11.2 Å². The van der Waals surface area contributed by atoms with E-state index in [2.05, 4.69) is 138 Å². The fourth-order valence-electron chi connectivity index (χ4n) is 10.2. The summed E-state index contributed by atoms with van der Waals surface area (Å²) < 4.78 is 19.0. The van der Waals surface area contributed by atoms with Gasteiger partial charge in [-0.25, -0.2) is 0 Å². The van der Waals surface area contributed by atoms with Crippen molar-refractivity contribution in [3.63, 3.8) is 0 Å². The van der Waals surface area contributed by atoms with Gasteiger partial charge in [-0.05, 0) is 147 Å². The van der Waals surface area contributed by atoms with Crippen molar-refractivity contribution in [1.82, 2.24) is 9.97 Å². The van der Waals surface area contributed by atoms with Gasteiger partial charge in [0.1, 0.15) is 22.4 Å². The SMILES string of the molecule is CCC1(CCO)OCCCc2c1[nH]c1c(-c3ccc4c(c3)oc3ccc(C)cc34)cc(C(C)C)cc21.CCOC(CC)(CCO)c1[nH]c2c(C#Cc3ccccc3)cc(C(C)C)cc2c1C. The van der Waals surface area contributed by atoms with Gasteiger partial charge in [-0.1, -0.05) is 89.3 Å². The molecule has 2 atom stereocenters. The van der Waals surface area contributed by atoms with E-state index in [-0.39, 0.29) is 13.2 Å². The van der Waals surface area contributed by atoms with E-state index in [9.17, 15) is 10.2 Å². The summed E-state index contributed by atoms with van der Waals surface area (Å²) in [4.78, 5) is 7.49. The molecule has 0 spiro atoms. The molecule has 1 aliphatic heterocycles. The third kappa shape index (κ3) is 8.85.